The average Bonchev–Trinajstić information content (AvgIpc) is 2.23. The Morgan fingerprint density at radius 2 is 2.00 bits per heavy atom. The molecule has 1 aromatic carbocycles. The van der Waals surface area contributed by atoms with Crippen molar-refractivity contribution in [1.29, 1.82) is 0 Å². The van der Waals surface area contributed by atoms with Crippen LogP contribution in [-0.4, -0.2) is 12.1 Å². The van der Waals surface area contributed by atoms with Gasteiger partial charge in [-0.15, -0.1) is 0 Å². The minimum absolute atomic E-state index is 0.213. The first kappa shape index (κ1) is 14.0. The lowest BCUT2D eigenvalue weighted by atomic mass is 10.0. The normalized spacial score (nSPS) is 12.9. The van der Waals surface area contributed by atoms with Crippen molar-refractivity contribution in [3.8, 4) is 0 Å². The molecule has 1 heteroatoms. The van der Waals surface area contributed by atoms with Gasteiger partial charge in [-0.25, -0.2) is 0 Å². The maximum absolute atomic E-state index is 3.50. The fourth-order valence-electron chi connectivity index (χ4n) is 1.74. The van der Waals surface area contributed by atoms with Crippen LogP contribution in [0.5, 0.6) is 0 Å². The smallest absolute Gasteiger partial charge is 0.00966 e. The van der Waals surface area contributed by atoms with Crippen molar-refractivity contribution >= 4 is 5.57 Å². The number of hydrogen-bond donors (Lipinski definition) is 1. The second-order valence-corrected chi connectivity index (χ2v) is 5.72. The van der Waals surface area contributed by atoms with E-state index in [0.717, 1.165) is 13.0 Å². The molecule has 0 heterocycles. The molecule has 17 heavy (non-hydrogen) atoms. The van der Waals surface area contributed by atoms with E-state index >= 15 is 0 Å². The molecule has 0 saturated heterocycles. The number of rotatable bonds is 4. The number of nitrogens with one attached hydrogen (secondary N) is 1. The second kappa shape index (κ2) is 6.02. The highest BCUT2D eigenvalue weighted by molar-refractivity contribution is 5.64. The van der Waals surface area contributed by atoms with Crippen molar-refractivity contribution < 1.29 is 0 Å². The maximum Gasteiger partial charge on any atom is 0.00966 e. The number of aryl methyl sites for hydroxylation is 1. The first-order chi connectivity index (χ1) is 7.88. The summed E-state index contributed by atoms with van der Waals surface area (Å²) < 4.78 is 0. The molecule has 0 amide bonds. The van der Waals surface area contributed by atoms with Crippen LogP contribution < -0.4 is 5.32 Å². The van der Waals surface area contributed by atoms with Crippen molar-refractivity contribution in [2.75, 3.05) is 6.54 Å². The molecule has 1 N–H and O–H groups in total. The predicted octanol–water partition coefficient (Wildman–Crippen LogP) is 4.18. The van der Waals surface area contributed by atoms with Gasteiger partial charge in [0.1, 0.15) is 0 Å². The van der Waals surface area contributed by atoms with E-state index in [2.05, 4.69) is 70.3 Å². The SMILES string of the molecule is CC(=CCCNC(C)(C)C)c1cccc(C)c1. The molecule has 0 unspecified atom stereocenters. The molecule has 1 aromatic rings. The molecular weight excluding hydrogens is 206 g/mol. The molecule has 0 fully saturated rings. The summed E-state index contributed by atoms with van der Waals surface area (Å²) in [4.78, 5) is 0. The Balaban J connectivity index is 2.50. The van der Waals surface area contributed by atoms with E-state index in [9.17, 15) is 0 Å². The van der Waals surface area contributed by atoms with Gasteiger partial charge in [0.2, 0.25) is 0 Å². The Morgan fingerprint density at radius 3 is 2.59 bits per heavy atom. The highest BCUT2D eigenvalue weighted by Gasteiger charge is 2.06. The zero-order chi connectivity index (χ0) is 12.9. The van der Waals surface area contributed by atoms with Gasteiger partial charge in [0, 0.05) is 5.54 Å². The fourth-order valence-corrected chi connectivity index (χ4v) is 1.74. The third-order valence-corrected chi connectivity index (χ3v) is 2.72. The lowest BCUT2D eigenvalue weighted by Gasteiger charge is -2.19. The molecule has 0 aliphatic rings. The van der Waals surface area contributed by atoms with E-state index in [1.54, 1.807) is 0 Å². The van der Waals surface area contributed by atoms with Crippen molar-refractivity contribution in [3.05, 3.63) is 41.5 Å². The third kappa shape index (κ3) is 5.69. The van der Waals surface area contributed by atoms with E-state index in [1.165, 1.54) is 16.7 Å². The highest BCUT2D eigenvalue weighted by atomic mass is 14.9. The quantitative estimate of drug-likeness (QED) is 0.767. The van der Waals surface area contributed by atoms with Gasteiger partial charge in [-0.2, -0.15) is 0 Å². The summed E-state index contributed by atoms with van der Waals surface area (Å²) in [7, 11) is 0. The van der Waals surface area contributed by atoms with E-state index in [4.69, 9.17) is 0 Å². The van der Waals surface area contributed by atoms with E-state index in [1.807, 2.05) is 0 Å². The molecule has 0 aliphatic carbocycles. The average molecular weight is 231 g/mol. The van der Waals surface area contributed by atoms with Crippen molar-refractivity contribution in [3.63, 3.8) is 0 Å². The van der Waals surface area contributed by atoms with Crippen LogP contribution in [0.25, 0.3) is 5.57 Å². The monoisotopic (exact) mass is 231 g/mol. The largest absolute Gasteiger partial charge is 0.312 e. The van der Waals surface area contributed by atoms with Crippen LogP contribution in [0.4, 0.5) is 0 Å². The van der Waals surface area contributed by atoms with Crippen LogP contribution in [0.2, 0.25) is 0 Å². The minimum atomic E-state index is 0.213. The van der Waals surface area contributed by atoms with Gasteiger partial charge < -0.3 is 5.32 Å². The molecule has 0 spiro atoms. The summed E-state index contributed by atoms with van der Waals surface area (Å²) >= 11 is 0. The number of allylic oxidation sites excluding steroid dienone is 1. The van der Waals surface area contributed by atoms with Gasteiger partial charge in [-0.05, 0) is 58.7 Å². The summed E-state index contributed by atoms with van der Waals surface area (Å²) in [6, 6.07) is 8.67. The maximum atomic E-state index is 3.50. The molecule has 0 radical (unpaired) electrons. The van der Waals surface area contributed by atoms with Gasteiger partial charge in [-0.3, -0.25) is 0 Å². The van der Waals surface area contributed by atoms with Crippen LogP contribution in [0.15, 0.2) is 30.3 Å². The van der Waals surface area contributed by atoms with E-state index in [0.29, 0.717) is 0 Å². The summed E-state index contributed by atoms with van der Waals surface area (Å²) in [5.74, 6) is 0. The Morgan fingerprint density at radius 1 is 1.29 bits per heavy atom. The predicted molar refractivity (Wildman–Crippen MR) is 77.2 cm³/mol. The van der Waals surface area contributed by atoms with Gasteiger partial charge in [0.25, 0.3) is 0 Å². The first-order valence-electron chi connectivity index (χ1n) is 6.37. The standard InChI is InChI=1S/C16H25N/c1-13-8-6-10-15(12-13)14(2)9-7-11-17-16(3,4)5/h6,8-10,12,17H,7,11H2,1-5H3. The van der Waals surface area contributed by atoms with Gasteiger partial charge in [-0.1, -0.05) is 35.9 Å². The van der Waals surface area contributed by atoms with Gasteiger partial charge >= 0.3 is 0 Å². The molecule has 0 atom stereocenters. The molecular formula is C16H25N. The zero-order valence-electron chi connectivity index (χ0n) is 11.8. The molecule has 1 rings (SSSR count). The summed E-state index contributed by atoms with van der Waals surface area (Å²) in [6.07, 6.45) is 3.39. The van der Waals surface area contributed by atoms with Crippen LogP contribution in [-0.2, 0) is 0 Å². The Bertz CT molecular complexity index is 383. The van der Waals surface area contributed by atoms with E-state index in [-0.39, 0.29) is 5.54 Å². The number of hydrogen-bond acceptors (Lipinski definition) is 1. The Kier molecular flexibility index (Phi) is 4.95. The molecule has 0 bridgehead atoms. The lowest BCUT2D eigenvalue weighted by Crippen LogP contribution is -2.36. The second-order valence-electron chi connectivity index (χ2n) is 5.72. The Labute approximate surface area is 106 Å². The lowest BCUT2D eigenvalue weighted by molar-refractivity contribution is 0.431. The topological polar surface area (TPSA) is 12.0 Å². The van der Waals surface area contributed by atoms with Crippen molar-refractivity contribution in [2.24, 2.45) is 0 Å². The number of benzene rings is 1. The summed E-state index contributed by atoms with van der Waals surface area (Å²) in [6.45, 7) is 12.0. The molecule has 0 saturated carbocycles. The van der Waals surface area contributed by atoms with Crippen LogP contribution in [0, 0.1) is 6.92 Å². The van der Waals surface area contributed by atoms with Crippen molar-refractivity contribution in [2.45, 2.75) is 46.6 Å². The van der Waals surface area contributed by atoms with E-state index < -0.39 is 0 Å². The minimum Gasteiger partial charge on any atom is -0.312 e. The summed E-state index contributed by atoms with van der Waals surface area (Å²) in [5.41, 5.74) is 4.23. The van der Waals surface area contributed by atoms with Crippen molar-refractivity contribution in [1.82, 2.24) is 5.32 Å². The Hall–Kier alpha value is -1.08. The third-order valence-electron chi connectivity index (χ3n) is 2.72. The molecule has 0 aromatic heterocycles. The first-order valence-corrected chi connectivity index (χ1v) is 6.37. The van der Waals surface area contributed by atoms with Crippen LogP contribution in [0.1, 0.15) is 45.2 Å². The van der Waals surface area contributed by atoms with Crippen LogP contribution >= 0.6 is 0 Å². The molecule has 0 aliphatic heterocycles. The van der Waals surface area contributed by atoms with Gasteiger partial charge in [0.15, 0.2) is 0 Å². The molecule has 94 valence electrons. The van der Waals surface area contributed by atoms with Gasteiger partial charge in [0.05, 0.1) is 0 Å². The zero-order valence-corrected chi connectivity index (χ0v) is 11.8. The molecule has 1 nitrogen and oxygen atoms in total. The van der Waals surface area contributed by atoms with Crippen LogP contribution in [0.3, 0.4) is 0 Å². The summed E-state index contributed by atoms with van der Waals surface area (Å²) in [5, 5.41) is 3.50. The highest BCUT2D eigenvalue weighted by Crippen LogP contribution is 2.15. The fraction of sp³-hybridized carbons (Fsp3) is 0.500.